The van der Waals surface area contributed by atoms with Gasteiger partial charge >= 0.3 is 5.97 Å². The average Bonchev–Trinajstić information content (AvgIpc) is 2.64. The highest BCUT2D eigenvalue weighted by atomic mass is 16.6. The first kappa shape index (κ1) is 19.1. The average molecular weight is 353 g/mol. The molecule has 0 N–H and O–H groups in total. The van der Waals surface area contributed by atoms with Gasteiger partial charge in [-0.3, -0.25) is 14.9 Å². The Hall–Kier alpha value is -3.28. The third-order valence-electron chi connectivity index (χ3n) is 3.74. The van der Waals surface area contributed by atoms with Crippen molar-refractivity contribution in [3.8, 4) is 0 Å². The molecule has 0 aromatic heterocycles. The Morgan fingerprint density at radius 1 is 1.15 bits per heavy atom. The van der Waals surface area contributed by atoms with Crippen LogP contribution in [-0.2, 0) is 9.53 Å². The minimum Gasteiger partial charge on any atom is -0.454 e. The number of hydrogen-bond donors (Lipinski definition) is 0. The summed E-state index contributed by atoms with van der Waals surface area (Å²) in [4.78, 5) is 34.0. The molecule has 0 bridgehead atoms. The molecule has 0 fully saturated rings. The van der Waals surface area contributed by atoms with E-state index in [-0.39, 0.29) is 18.1 Å². The lowest BCUT2D eigenvalue weighted by molar-refractivity contribution is -0.384. The molecule has 0 amide bonds. The minimum absolute atomic E-state index is 0.0689. The molecule has 0 aliphatic rings. The summed E-state index contributed by atoms with van der Waals surface area (Å²) in [6, 6.07) is 13.0. The topological polar surface area (TPSA) is 86.5 Å². The van der Waals surface area contributed by atoms with Crippen molar-refractivity contribution in [2.75, 3.05) is 6.61 Å². The lowest BCUT2D eigenvalue weighted by Gasteiger charge is -2.06. The lowest BCUT2D eigenvalue weighted by Crippen LogP contribution is -2.12. The molecule has 2 rings (SSSR count). The van der Waals surface area contributed by atoms with E-state index in [2.05, 4.69) is 13.8 Å². The number of benzene rings is 2. The molecule has 0 aliphatic carbocycles. The van der Waals surface area contributed by atoms with E-state index in [0.717, 1.165) is 11.6 Å². The largest absolute Gasteiger partial charge is 0.454 e. The fourth-order valence-corrected chi connectivity index (χ4v) is 2.23. The minimum atomic E-state index is -0.691. The van der Waals surface area contributed by atoms with E-state index in [1.807, 2.05) is 12.1 Å². The van der Waals surface area contributed by atoms with E-state index >= 15 is 0 Å². The van der Waals surface area contributed by atoms with Crippen LogP contribution in [-0.4, -0.2) is 23.3 Å². The SMILES string of the molecule is CC(C)c1ccc(C(=O)COC(=O)/C=C/c2cccc([N+](=O)[O-])c2)cc1. The number of nitrogens with zero attached hydrogens (tertiary/aromatic N) is 1. The number of hydrogen-bond acceptors (Lipinski definition) is 5. The van der Waals surface area contributed by atoms with Crippen molar-refractivity contribution in [2.45, 2.75) is 19.8 Å². The van der Waals surface area contributed by atoms with Crippen LogP contribution in [0.25, 0.3) is 6.08 Å². The van der Waals surface area contributed by atoms with Crippen molar-refractivity contribution in [3.05, 3.63) is 81.4 Å². The predicted octanol–water partition coefficient (Wildman–Crippen LogP) is 4.16. The van der Waals surface area contributed by atoms with Gasteiger partial charge in [-0.15, -0.1) is 0 Å². The number of esters is 1. The molecule has 0 radical (unpaired) electrons. The summed E-state index contributed by atoms with van der Waals surface area (Å²) >= 11 is 0. The Morgan fingerprint density at radius 3 is 2.46 bits per heavy atom. The third-order valence-corrected chi connectivity index (χ3v) is 3.74. The van der Waals surface area contributed by atoms with Crippen LogP contribution in [0.3, 0.4) is 0 Å². The van der Waals surface area contributed by atoms with Gasteiger partial charge in [-0.25, -0.2) is 4.79 Å². The van der Waals surface area contributed by atoms with Gasteiger partial charge in [0, 0.05) is 23.8 Å². The zero-order valence-electron chi connectivity index (χ0n) is 14.5. The molecule has 6 nitrogen and oxygen atoms in total. The number of nitro groups is 1. The summed E-state index contributed by atoms with van der Waals surface area (Å²) in [7, 11) is 0. The van der Waals surface area contributed by atoms with Crippen LogP contribution >= 0.6 is 0 Å². The molecule has 0 saturated heterocycles. The summed E-state index contributed by atoms with van der Waals surface area (Å²) in [5, 5.41) is 10.7. The molecule has 26 heavy (non-hydrogen) atoms. The molecule has 6 heteroatoms. The van der Waals surface area contributed by atoms with Crippen LogP contribution in [0.15, 0.2) is 54.6 Å². The molecule has 0 atom stereocenters. The van der Waals surface area contributed by atoms with E-state index in [1.165, 1.54) is 24.3 Å². The smallest absolute Gasteiger partial charge is 0.331 e. The first-order chi connectivity index (χ1) is 12.4. The molecule has 2 aromatic carbocycles. The van der Waals surface area contributed by atoms with Crippen molar-refractivity contribution >= 4 is 23.5 Å². The second kappa shape index (κ2) is 8.71. The molecular formula is C20H19NO5. The lowest BCUT2D eigenvalue weighted by atomic mass is 10.0. The van der Waals surface area contributed by atoms with E-state index < -0.39 is 10.9 Å². The Kier molecular flexibility index (Phi) is 6.38. The fourth-order valence-electron chi connectivity index (χ4n) is 2.23. The number of ketones is 1. The Bertz CT molecular complexity index is 838. The van der Waals surface area contributed by atoms with Gasteiger partial charge in [0.25, 0.3) is 5.69 Å². The van der Waals surface area contributed by atoms with Gasteiger partial charge in [0.15, 0.2) is 12.4 Å². The van der Waals surface area contributed by atoms with Gasteiger partial charge < -0.3 is 4.74 Å². The molecule has 0 aliphatic heterocycles. The summed E-state index contributed by atoms with van der Waals surface area (Å²) < 4.78 is 4.93. The van der Waals surface area contributed by atoms with Crippen LogP contribution in [0, 0.1) is 10.1 Å². The Balaban J connectivity index is 1.90. The van der Waals surface area contributed by atoms with Crippen molar-refractivity contribution < 1.29 is 19.2 Å². The van der Waals surface area contributed by atoms with Crippen LogP contribution in [0.2, 0.25) is 0 Å². The molecular weight excluding hydrogens is 334 g/mol. The summed E-state index contributed by atoms with van der Waals surface area (Å²) in [6.07, 6.45) is 2.53. The standard InChI is InChI=1S/C20H19NO5/c1-14(2)16-7-9-17(10-8-16)19(22)13-26-20(23)11-6-15-4-3-5-18(12-15)21(24)25/h3-12,14H,13H2,1-2H3/b11-6+. The van der Waals surface area contributed by atoms with Gasteiger partial charge in [-0.2, -0.15) is 0 Å². The van der Waals surface area contributed by atoms with Crippen LogP contribution in [0.4, 0.5) is 5.69 Å². The molecule has 2 aromatic rings. The maximum atomic E-state index is 12.0. The van der Waals surface area contributed by atoms with E-state index in [0.29, 0.717) is 17.0 Å². The van der Waals surface area contributed by atoms with Crippen LogP contribution < -0.4 is 0 Å². The molecule has 0 spiro atoms. The number of rotatable bonds is 7. The molecule has 0 saturated carbocycles. The summed E-state index contributed by atoms with van der Waals surface area (Å²) in [5.41, 5.74) is 2.02. The van der Waals surface area contributed by atoms with E-state index in [1.54, 1.807) is 18.2 Å². The number of Topliss-reactive ketones (excluding diaryl/α,β-unsaturated/α-hetero) is 1. The quantitative estimate of drug-likeness (QED) is 0.245. The summed E-state index contributed by atoms with van der Waals surface area (Å²) in [5.74, 6) is -0.614. The van der Waals surface area contributed by atoms with Crippen molar-refractivity contribution in [2.24, 2.45) is 0 Å². The van der Waals surface area contributed by atoms with Gasteiger partial charge in [0.2, 0.25) is 0 Å². The normalized spacial score (nSPS) is 10.9. The molecule has 0 unspecified atom stereocenters. The highest BCUT2D eigenvalue weighted by Crippen LogP contribution is 2.15. The zero-order chi connectivity index (χ0) is 19.1. The van der Waals surface area contributed by atoms with Crippen molar-refractivity contribution in [1.29, 1.82) is 0 Å². The second-order valence-corrected chi connectivity index (χ2v) is 5.99. The number of non-ortho nitro benzene ring substituents is 1. The number of ether oxygens (including phenoxy) is 1. The number of nitro benzene ring substituents is 1. The second-order valence-electron chi connectivity index (χ2n) is 5.99. The fraction of sp³-hybridized carbons (Fsp3) is 0.200. The van der Waals surface area contributed by atoms with Gasteiger partial charge in [0.1, 0.15) is 0 Å². The molecule has 0 heterocycles. The van der Waals surface area contributed by atoms with E-state index in [4.69, 9.17) is 4.74 Å². The Labute approximate surface area is 151 Å². The van der Waals surface area contributed by atoms with Gasteiger partial charge in [-0.05, 0) is 23.1 Å². The first-order valence-corrected chi connectivity index (χ1v) is 8.09. The van der Waals surface area contributed by atoms with Crippen molar-refractivity contribution in [1.82, 2.24) is 0 Å². The predicted molar refractivity (Wildman–Crippen MR) is 98.0 cm³/mol. The number of carbonyl (C=O) groups excluding carboxylic acids is 2. The Morgan fingerprint density at radius 2 is 1.85 bits per heavy atom. The zero-order valence-corrected chi connectivity index (χ0v) is 14.5. The van der Waals surface area contributed by atoms with Crippen LogP contribution in [0.1, 0.15) is 41.3 Å². The monoisotopic (exact) mass is 353 g/mol. The molecule has 134 valence electrons. The first-order valence-electron chi connectivity index (χ1n) is 8.09. The highest BCUT2D eigenvalue weighted by molar-refractivity contribution is 5.98. The maximum absolute atomic E-state index is 12.0. The maximum Gasteiger partial charge on any atom is 0.331 e. The highest BCUT2D eigenvalue weighted by Gasteiger charge is 2.09. The van der Waals surface area contributed by atoms with Crippen LogP contribution in [0.5, 0.6) is 0 Å². The van der Waals surface area contributed by atoms with Crippen molar-refractivity contribution in [3.63, 3.8) is 0 Å². The number of carbonyl (C=O) groups is 2. The third kappa shape index (κ3) is 5.37. The van der Waals surface area contributed by atoms with Gasteiger partial charge in [-0.1, -0.05) is 50.2 Å². The summed E-state index contributed by atoms with van der Waals surface area (Å²) in [6.45, 7) is 3.76. The van der Waals surface area contributed by atoms with E-state index in [9.17, 15) is 19.7 Å². The van der Waals surface area contributed by atoms with Gasteiger partial charge in [0.05, 0.1) is 4.92 Å².